The summed E-state index contributed by atoms with van der Waals surface area (Å²) in [5.74, 6) is -1.52. The van der Waals surface area contributed by atoms with Crippen LogP contribution in [-0.4, -0.2) is 41.6 Å². The third-order valence-electron chi connectivity index (χ3n) is 8.16. The van der Waals surface area contributed by atoms with Gasteiger partial charge in [0.15, 0.2) is 5.69 Å². The third-order valence-corrected chi connectivity index (χ3v) is 8.16. The second kappa shape index (κ2) is 12.6. The predicted octanol–water partition coefficient (Wildman–Crippen LogP) is 7.84. The van der Waals surface area contributed by atoms with E-state index in [1.54, 1.807) is 12.1 Å². The minimum Gasteiger partial charge on any atom is -0.368 e. The van der Waals surface area contributed by atoms with Crippen LogP contribution in [0.4, 0.5) is 46.9 Å². The van der Waals surface area contributed by atoms with Gasteiger partial charge in [0.1, 0.15) is 5.82 Å². The smallest absolute Gasteiger partial charge is 0.368 e. The molecule has 2 fully saturated rings. The molecule has 0 radical (unpaired) electrons. The molecule has 5 atom stereocenters. The van der Waals surface area contributed by atoms with Crippen molar-refractivity contribution in [2.75, 3.05) is 11.9 Å². The standard InChI is InChI=1S/C32H27F7N4O3/c1-17(19-11-20(31(34,35)36)13-21(12-19)32(37,38)39)46-27-16-43-26(29(27)18-3-5-22(33)6-4-18)14-25(15-28(43)44)42-30(45)41-24-9-7-23(40-2)8-10-24/h3-13,17,25-27,29H,14-16H2,1H3,(H2,41,42,45)/t17-,25?,26+,27+,29?/m1/s1. The van der Waals surface area contributed by atoms with Gasteiger partial charge in [0.05, 0.1) is 29.9 Å². The number of nitrogens with one attached hydrogen (secondary N) is 2. The highest BCUT2D eigenvalue weighted by Crippen LogP contribution is 2.44. The number of fused-ring (bicyclic) bond motifs is 1. The van der Waals surface area contributed by atoms with Gasteiger partial charge in [-0.1, -0.05) is 24.3 Å². The lowest BCUT2D eigenvalue weighted by atomic mass is 9.84. The van der Waals surface area contributed by atoms with Crippen molar-refractivity contribution in [3.8, 4) is 0 Å². The molecule has 242 valence electrons. The number of hydrogen-bond donors (Lipinski definition) is 2. The highest BCUT2D eigenvalue weighted by atomic mass is 19.4. The molecule has 2 aliphatic rings. The first-order valence-electron chi connectivity index (χ1n) is 14.2. The van der Waals surface area contributed by atoms with Gasteiger partial charge in [-0.15, -0.1) is 0 Å². The molecule has 2 N–H and O–H groups in total. The number of halogens is 7. The molecule has 0 aliphatic carbocycles. The molecule has 5 rings (SSSR count). The van der Waals surface area contributed by atoms with E-state index >= 15 is 0 Å². The minimum absolute atomic E-state index is 0.0205. The van der Waals surface area contributed by atoms with Gasteiger partial charge in [0.25, 0.3) is 0 Å². The largest absolute Gasteiger partial charge is 0.416 e. The Morgan fingerprint density at radius 3 is 2.15 bits per heavy atom. The molecule has 0 bridgehead atoms. The number of alkyl halides is 6. The average molecular weight is 649 g/mol. The van der Waals surface area contributed by atoms with Gasteiger partial charge >= 0.3 is 18.4 Å². The topological polar surface area (TPSA) is 75.0 Å². The van der Waals surface area contributed by atoms with E-state index < -0.39 is 65.5 Å². The van der Waals surface area contributed by atoms with E-state index in [0.717, 1.165) is 0 Å². The summed E-state index contributed by atoms with van der Waals surface area (Å²) in [6.07, 6.45) is -12.0. The monoisotopic (exact) mass is 648 g/mol. The number of amides is 3. The van der Waals surface area contributed by atoms with Crippen LogP contribution in [0.15, 0.2) is 66.7 Å². The van der Waals surface area contributed by atoms with E-state index in [0.29, 0.717) is 29.1 Å². The fourth-order valence-electron chi connectivity index (χ4n) is 6.03. The summed E-state index contributed by atoms with van der Waals surface area (Å²) >= 11 is 0. The second-order valence-electron chi connectivity index (χ2n) is 11.2. The van der Waals surface area contributed by atoms with Crippen LogP contribution >= 0.6 is 0 Å². The Hall–Kier alpha value is -4.64. The molecule has 7 nitrogen and oxygen atoms in total. The lowest BCUT2D eigenvalue weighted by Crippen LogP contribution is -2.52. The summed E-state index contributed by atoms with van der Waals surface area (Å²) in [4.78, 5) is 30.9. The van der Waals surface area contributed by atoms with E-state index in [2.05, 4.69) is 15.5 Å². The van der Waals surface area contributed by atoms with Crippen molar-refractivity contribution >= 4 is 23.3 Å². The molecule has 0 aromatic heterocycles. The first-order valence-corrected chi connectivity index (χ1v) is 14.2. The van der Waals surface area contributed by atoms with Crippen LogP contribution in [0.25, 0.3) is 4.85 Å². The summed E-state index contributed by atoms with van der Waals surface area (Å²) < 4.78 is 101. The van der Waals surface area contributed by atoms with Gasteiger partial charge < -0.3 is 20.3 Å². The number of benzene rings is 3. The number of piperidine rings is 1. The van der Waals surface area contributed by atoms with Gasteiger partial charge in [0.2, 0.25) is 5.91 Å². The highest BCUT2D eigenvalue weighted by molar-refractivity contribution is 5.90. The van der Waals surface area contributed by atoms with Crippen LogP contribution in [0.5, 0.6) is 0 Å². The van der Waals surface area contributed by atoms with Gasteiger partial charge in [-0.3, -0.25) is 4.79 Å². The lowest BCUT2D eigenvalue weighted by molar-refractivity contribution is -0.143. The SMILES string of the molecule is [C-]#[N+]c1ccc(NC(=O)NC2CC(=O)N3C[C@H](O[C@H](C)c4cc(C(F)(F)F)cc(C(F)(F)F)c4)C(c4ccc(F)cc4)[C@@H]3C2)cc1. The molecule has 0 spiro atoms. The molecule has 2 saturated heterocycles. The van der Waals surface area contributed by atoms with E-state index in [-0.39, 0.29) is 36.9 Å². The summed E-state index contributed by atoms with van der Waals surface area (Å²) in [5.41, 5.74) is -1.95. The maximum absolute atomic E-state index is 13.8. The van der Waals surface area contributed by atoms with Crippen molar-refractivity contribution in [2.24, 2.45) is 0 Å². The molecule has 3 aromatic carbocycles. The minimum atomic E-state index is -5.04. The van der Waals surface area contributed by atoms with Crippen molar-refractivity contribution in [3.05, 3.63) is 106 Å². The first-order chi connectivity index (χ1) is 21.6. The van der Waals surface area contributed by atoms with Gasteiger partial charge in [-0.2, -0.15) is 26.3 Å². The summed E-state index contributed by atoms with van der Waals surface area (Å²) in [6, 6.07) is 11.0. The van der Waals surface area contributed by atoms with Crippen LogP contribution < -0.4 is 10.6 Å². The Morgan fingerprint density at radius 2 is 1.59 bits per heavy atom. The first kappa shape index (κ1) is 32.7. The number of hydrogen-bond acceptors (Lipinski definition) is 3. The number of anilines is 1. The molecule has 46 heavy (non-hydrogen) atoms. The van der Waals surface area contributed by atoms with Gasteiger partial charge in [-0.25, -0.2) is 14.0 Å². The summed E-state index contributed by atoms with van der Waals surface area (Å²) in [5, 5.41) is 5.41. The molecule has 2 aliphatic heterocycles. The maximum Gasteiger partial charge on any atom is 0.416 e. The zero-order chi connectivity index (χ0) is 33.4. The van der Waals surface area contributed by atoms with Crippen LogP contribution in [0, 0.1) is 12.4 Å². The average Bonchev–Trinajstić information content (AvgIpc) is 3.35. The number of urea groups is 1. The lowest BCUT2D eigenvalue weighted by Gasteiger charge is -2.37. The fourth-order valence-corrected chi connectivity index (χ4v) is 6.03. The zero-order valence-electron chi connectivity index (χ0n) is 24.1. The predicted molar refractivity (Wildman–Crippen MR) is 152 cm³/mol. The van der Waals surface area contributed by atoms with Crippen LogP contribution in [0.3, 0.4) is 0 Å². The Bertz CT molecular complexity index is 1600. The van der Waals surface area contributed by atoms with Gasteiger partial charge in [0, 0.05) is 36.7 Å². The van der Waals surface area contributed by atoms with E-state index in [1.807, 2.05) is 0 Å². The quantitative estimate of drug-likeness (QED) is 0.211. The fraction of sp³-hybridized carbons (Fsp3) is 0.344. The Morgan fingerprint density at radius 1 is 0.978 bits per heavy atom. The van der Waals surface area contributed by atoms with Gasteiger partial charge in [-0.05, 0) is 66.9 Å². The maximum atomic E-state index is 13.8. The van der Waals surface area contributed by atoms with Crippen molar-refractivity contribution < 1.29 is 45.1 Å². The third kappa shape index (κ3) is 7.25. The summed E-state index contributed by atoms with van der Waals surface area (Å²) in [6.45, 7) is 8.34. The van der Waals surface area contributed by atoms with E-state index in [1.165, 1.54) is 48.2 Å². The molecule has 3 aromatic rings. The summed E-state index contributed by atoms with van der Waals surface area (Å²) in [7, 11) is 0. The Kier molecular flexibility index (Phi) is 8.99. The second-order valence-corrected chi connectivity index (χ2v) is 11.2. The number of nitrogens with zero attached hydrogens (tertiary/aromatic N) is 2. The van der Waals surface area contributed by atoms with Crippen LogP contribution in [0.2, 0.25) is 0 Å². The molecule has 14 heteroatoms. The normalized spacial score (nSPS) is 22.2. The van der Waals surface area contributed by atoms with Crippen LogP contribution in [0.1, 0.15) is 54.0 Å². The van der Waals surface area contributed by atoms with E-state index in [9.17, 15) is 40.3 Å². The Labute approximate surface area is 259 Å². The van der Waals surface area contributed by atoms with E-state index in [4.69, 9.17) is 11.3 Å². The molecule has 2 heterocycles. The number of carbonyl (C=O) groups excluding carboxylic acids is 2. The number of ether oxygens (including phenoxy) is 1. The van der Waals surface area contributed by atoms with Crippen molar-refractivity contribution in [3.63, 3.8) is 0 Å². The van der Waals surface area contributed by atoms with Crippen molar-refractivity contribution in [1.29, 1.82) is 0 Å². The van der Waals surface area contributed by atoms with Crippen LogP contribution in [-0.2, 0) is 21.9 Å². The number of carbonyl (C=O) groups is 2. The molecule has 2 unspecified atom stereocenters. The van der Waals surface area contributed by atoms with Crippen molar-refractivity contribution in [2.45, 2.75) is 62.3 Å². The molecule has 0 saturated carbocycles. The highest BCUT2D eigenvalue weighted by Gasteiger charge is 2.49. The molecule has 3 amide bonds. The zero-order valence-corrected chi connectivity index (χ0v) is 24.1. The number of rotatable bonds is 6. The van der Waals surface area contributed by atoms with Crippen molar-refractivity contribution in [1.82, 2.24) is 10.2 Å². The molecular formula is C32H27F7N4O3. The Balaban J connectivity index is 1.39. The molecular weight excluding hydrogens is 621 g/mol.